The molecule has 0 radical (unpaired) electrons. The molecule has 0 aromatic heterocycles. The van der Waals surface area contributed by atoms with Crippen molar-refractivity contribution in [2.24, 2.45) is 23.7 Å². The third-order valence-electron chi connectivity index (χ3n) is 3.66. The van der Waals surface area contributed by atoms with Crippen molar-refractivity contribution < 1.29 is 0 Å². The zero-order valence-electron chi connectivity index (χ0n) is 9.53. The Morgan fingerprint density at radius 3 is 2.64 bits per heavy atom. The number of nitriles is 1. The summed E-state index contributed by atoms with van der Waals surface area (Å²) in [6.07, 6.45) is 7.74. The molecular formula is C13H21N. The minimum Gasteiger partial charge on any atom is -0.193 e. The Balaban J connectivity index is 2.56. The smallest absolute Gasteiger partial charge is 0.0908 e. The van der Waals surface area contributed by atoms with Gasteiger partial charge in [-0.3, -0.25) is 0 Å². The van der Waals surface area contributed by atoms with Gasteiger partial charge in [0.2, 0.25) is 0 Å². The average Bonchev–Trinajstić information content (AvgIpc) is 2.16. The number of hydrogen-bond donors (Lipinski definition) is 0. The molecule has 1 aliphatic rings. The third-order valence-corrected chi connectivity index (χ3v) is 3.66. The zero-order valence-corrected chi connectivity index (χ0v) is 9.53. The Morgan fingerprint density at radius 2 is 2.07 bits per heavy atom. The Kier molecular flexibility index (Phi) is 4.20. The van der Waals surface area contributed by atoms with Crippen LogP contribution in [0.25, 0.3) is 0 Å². The second kappa shape index (κ2) is 5.20. The second-order valence-corrected chi connectivity index (χ2v) is 4.95. The van der Waals surface area contributed by atoms with Crippen molar-refractivity contribution >= 4 is 0 Å². The molecule has 0 aromatic rings. The fraction of sp³-hybridized carbons (Fsp3) is 0.769. The van der Waals surface area contributed by atoms with Crippen LogP contribution >= 0.6 is 0 Å². The number of nitrogens with zero attached hydrogens (tertiary/aromatic N) is 1. The van der Waals surface area contributed by atoms with Crippen LogP contribution in [0.2, 0.25) is 0 Å². The second-order valence-electron chi connectivity index (χ2n) is 4.95. The first kappa shape index (κ1) is 11.3. The summed E-state index contributed by atoms with van der Waals surface area (Å²) in [5, 5.41) is 8.52. The van der Waals surface area contributed by atoms with Crippen LogP contribution in [-0.2, 0) is 0 Å². The van der Waals surface area contributed by atoms with Crippen molar-refractivity contribution in [3.05, 3.63) is 12.2 Å². The van der Waals surface area contributed by atoms with Gasteiger partial charge >= 0.3 is 0 Å². The third kappa shape index (κ3) is 2.87. The molecule has 1 fully saturated rings. The van der Waals surface area contributed by atoms with Gasteiger partial charge in [0.25, 0.3) is 0 Å². The van der Waals surface area contributed by atoms with E-state index in [1.165, 1.54) is 19.3 Å². The van der Waals surface area contributed by atoms with E-state index in [0.29, 0.717) is 5.92 Å². The summed E-state index contributed by atoms with van der Waals surface area (Å²) in [5.74, 6) is 3.05. The van der Waals surface area contributed by atoms with E-state index >= 15 is 0 Å². The fourth-order valence-electron chi connectivity index (χ4n) is 2.43. The van der Waals surface area contributed by atoms with Crippen LogP contribution < -0.4 is 0 Å². The first-order valence-electron chi connectivity index (χ1n) is 5.71. The summed E-state index contributed by atoms with van der Waals surface area (Å²) in [7, 11) is 0. The lowest BCUT2D eigenvalue weighted by molar-refractivity contribution is 0.189. The minimum absolute atomic E-state index is 0.635. The van der Waals surface area contributed by atoms with Crippen molar-refractivity contribution in [1.29, 1.82) is 5.26 Å². The quantitative estimate of drug-likeness (QED) is 0.609. The van der Waals surface area contributed by atoms with E-state index < -0.39 is 0 Å². The molecule has 1 rings (SSSR count). The van der Waals surface area contributed by atoms with Crippen LogP contribution in [0.3, 0.4) is 0 Å². The maximum atomic E-state index is 8.52. The molecule has 1 nitrogen and oxygen atoms in total. The highest BCUT2D eigenvalue weighted by Gasteiger charge is 2.27. The molecule has 0 spiro atoms. The Morgan fingerprint density at radius 1 is 1.36 bits per heavy atom. The number of allylic oxidation sites excluding steroid dienone is 2. The summed E-state index contributed by atoms with van der Waals surface area (Å²) in [5.41, 5.74) is 0. The van der Waals surface area contributed by atoms with E-state index in [1.807, 2.05) is 0 Å². The van der Waals surface area contributed by atoms with E-state index in [1.54, 1.807) is 6.08 Å². The molecule has 0 aliphatic heterocycles. The lowest BCUT2D eigenvalue weighted by Gasteiger charge is -2.34. The minimum atomic E-state index is 0.635. The van der Waals surface area contributed by atoms with Gasteiger partial charge in [-0.2, -0.15) is 5.26 Å². The van der Waals surface area contributed by atoms with Crippen molar-refractivity contribution in [3.63, 3.8) is 0 Å². The first-order chi connectivity index (χ1) is 6.65. The molecule has 0 heterocycles. The molecule has 14 heavy (non-hydrogen) atoms. The van der Waals surface area contributed by atoms with Crippen molar-refractivity contribution in [2.75, 3.05) is 0 Å². The van der Waals surface area contributed by atoms with Gasteiger partial charge in [-0.05, 0) is 42.9 Å². The SMILES string of the molecule is CC(C)C1CCC(C)C(C=CC#N)C1. The topological polar surface area (TPSA) is 23.8 Å². The largest absolute Gasteiger partial charge is 0.193 e. The lowest BCUT2D eigenvalue weighted by atomic mass is 9.71. The standard InChI is InChI=1S/C13H21N/c1-10(2)12-7-6-11(3)13(9-12)5-4-8-14/h4-5,10-13H,6-7,9H2,1-3H3. The zero-order chi connectivity index (χ0) is 10.6. The molecule has 0 amide bonds. The summed E-state index contributed by atoms with van der Waals surface area (Å²) in [4.78, 5) is 0. The number of hydrogen-bond acceptors (Lipinski definition) is 1. The molecule has 1 saturated carbocycles. The summed E-state index contributed by atoms with van der Waals surface area (Å²) < 4.78 is 0. The molecule has 0 N–H and O–H groups in total. The molecule has 3 atom stereocenters. The molecular weight excluding hydrogens is 170 g/mol. The Hall–Kier alpha value is -0.770. The van der Waals surface area contributed by atoms with Crippen LogP contribution in [0, 0.1) is 35.0 Å². The molecule has 0 bridgehead atoms. The maximum Gasteiger partial charge on any atom is 0.0908 e. The molecule has 1 aliphatic carbocycles. The van der Waals surface area contributed by atoms with Crippen molar-refractivity contribution in [1.82, 2.24) is 0 Å². The number of rotatable bonds is 2. The van der Waals surface area contributed by atoms with Crippen LogP contribution in [0.15, 0.2) is 12.2 Å². The summed E-state index contributed by atoms with van der Waals surface area (Å²) in [6, 6.07) is 2.10. The van der Waals surface area contributed by atoms with Gasteiger partial charge in [0.15, 0.2) is 0 Å². The van der Waals surface area contributed by atoms with Crippen molar-refractivity contribution in [3.8, 4) is 6.07 Å². The van der Waals surface area contributed by atoms with Gasteiger partial charge in [0.1, 0.15) is 0 Å². The van der Waals surface area contributed by atoms with Gasteiger partial charge in [0.05, 0.1) is 6.07 Å². The molecule has 0 saturated heterocycles. The van der Waals surface area contributed by atoms with Crippen LogP contribution in [-0.4, -0.2) is 0 Å². The van der Waals surface area contributed by atoms with Gasteiger partial charge in [-0.25, -0.2) is 0 Å². The van der Waals surface area contributed by atoms with Crippen LogP contribution in [0.1, 0.15) is 40.0 Å². The van der Waals surface area contributed by atoms with Gasteiger partial charge in [-0.15, -0.1) is 0 Å². The van der Waals surface area contributed by atoms with E-state index in [4.69, 9.17) is 5.26 Å². The van der Waals surface area contributed by atoms with E-state index in [-0.39, 0.29) is 0 Å². The summed E-state index contributed by atoms with van der Waals surface area (Å²) >= 11 is 0. The van der Waals surface area contributed by atoms with Gasteiger partial charge in [0, 0.05) is 6.08 Å². The predicted octanol–water partition coefficient (Wildman–Crippen LogP) is 3.77. The van der Waals surface area contributed by atoms with E-state index in [0.717, 1.165) is 17.8 Å². The highest BCUT2D eigenvalue weighted by Crippen LogP contribution is 2.37. The van der Waals surface area contributed by atoms with Gasteiger partial charge in [-0.1, -0.05) is 26.8 Å². The maximum absolute atomic E-state index is 8.52. The lowest BCUT2D eigenvalue weighted by Crippen LogP contribution is -2.24. The highest BCUT2D eigenvalue weighted by atomic mass is 14.3. The van der Waals surface area contributed by atoms with Gasteiger partial charge < -0.3 is 0 Å². The molecule has 3 unspecified atom stereocenters. The van der Waals surface area contributed by atoms with E-state index in [2.05, 4.69) is 32.9 Å². The molecule has 78 valence electrons. The summed E-state index contributed by atoms with van der Waals surface area (Å²) in [6.45, 7) is 6.93. The van der Waals surface area contributed by atoms with Crippen LogP contribution in [0.5, 0.6) is 0 Å². The Labute approximate surface area is 87.8 Å². The molecule has 0 aromatic carbocycles. The normalized spacial score (nSPS) is 33.5. The fourth-order valence-corrected chi connectivity index (χ4v) is 2.43. The Bertz CT molecular complexity index is 234. The highest BCUT2D eigenvalue weighted by molar-refractivity contribution is 5.05. The van der Waals surface area contributed by atoms with Crippen molar-refractivity contribution in [2.45, 2.75) is 40.0 Å². The predicted molar refractivity (Wildman–Crippen MR) is 59.6 cm³/mol. The first-order valence-corrected chi connectivity index (χ1v) is 5.71. The monoisotopic (exact) mass is 191 g/mol. The molecule has 1 heteroatoms. The van der Waals surface area contributed by atoms with Crippen LogP contribution in [0.4, 0.5) is 0 Å². The van der Waals surface area contributed by atoms with E-state index in [9.17, 15) is 0 Å². The average molecular weight is 191 g/mol.